The number of benzene rings is 1. The van der Waals surface area contributed by atoms with Crippen LogP contribution in [0.1, 0.15) is 27.7 Å². The molecule has 1 heteroatoms. The summed E-state index contributed by atoms with van der Waals surface area (Å²) in [6.07, 6.45) is 6.30. The van der Waals surface area contributed by atoms with E-state index in [0.717, 1.165) is 12.2 Å². The molecule has 1 rings (SSSR count). The topological polar surface area (TPSA) is 12.0 Å². The third-order valence-corrected chi connectivity index (χ3v) is 2.02. The van der Waals surface area contributed by atoms with Gasteiger partial charge in [-0.05, 0) is 31.6 Å². The Morgan fingerprint density at radius 2 is 1.75 bits per heavy atom. The van der Waals surface area contributed by atoms with E-state index in [4.69, 9.17) is 0 Å². The van der Waals surface area contributed by atoms with E-state index in [-0.39, 0.29) is 0 Å². The van der Waals surface area contributed by atoms with E-state index in [9.17, 15) is 0 Å². The van der Waals surface area contributed by atoms with Gasteiger partial charge in [0.05, 0.1) is 0 Å². The van der Waals surface area contributed by atoms with Crippen LogP contribution in [0.3, 0.4) is 0 Å². The van der Waals surface area contributed by atoms with Crippen molar-refractivity contribution in [3.8, 4) is 0 Å². The zero-order chi connectivity index (χ0) is 12.2. The predicted octanol–water partition coefficient (Wildman–Crippen LogP) is 4.65. The molecule has 0 fully saturated rings. The van der Waals surface area contributed by atoms with Gasteiger partial charge in [-0.3, -0.25) is 0 Å². The predicted molar refractivity (Wildman–Crippen MR) is 74.9 cm³/mol. The summed E-state index contributed by atoms with van der Waals surface area (Å²) in [5, 5.41) is 3.36. The van der Waals surface area contributed by atoms with Gasteiger partial charge in [0.1, 0.15) is 0 Å². The summed E-state index contributed by atoms with van der Waals surface area (Å²) in [6.45, 7) is 8.97. The normalized spacial score (nSPS) is 10.9. The number of allylic oxidation sites excluding steroid dienone is 2. The summed E-state index contributed by atoms with van der Waals surface area (Å²) < 4.78 is 0. The number of hydrogen-bond acceptors (Lipinski definition) is 1. The minimum atomic E-state index is 0.880. The fraction of sp³-hybridized carbons (Fsp3) is 0.333. The van der Waals surface area contributed by atoms with Crippen molar-refractivity contribution in [1.82, 2.24) is 0 Å². The summed E-state index contributed by atoms with van der Waals surface area (Å²) in [4.78, 5) is 0. The fourth-order valence-electron chi connectivity index (χ4n) is 1.23. The van der Waals surface area contributed by atoms with Gasteiger partial charge in [0, 0.05) is 12.2 Å². The number of nitrogens with one attached hydrogen (secondary N) is 1. The number of para-hydroxylation sites is 1. The summed E-state index contributed by atoms with van der Waals surface area (Å²) >= 11 is 0. The molecule has 88 valence electrons. The molecule has 0 bridgehead atoms. The van der Waals surface area contributed by atoms with Crippen LogP contribution in [0.15, 0.2) is 54.1 Å². The van der Waals surface area contributed by atoms with Gasteiger partial charge in [0.25, 0.3) is 0 Å². The Labute approximate surface area is 99.9 Å². The fourth-order valence-corrected chi connectivity index (χ4v) is 1.23. The van der Waals surface area contributed by atoms with E-state index in [1.165, 1.54) is 5.57 Å². The van der Waals surface area contributed by atoms with E-state index in [1.54, 1.807) is 0 Å². The molecule has 0 saturated heterocycles. The zero-order valence-corrected chi connectivity index (χ0v) is 10.8. The maximum absolute atomic E-state index is 3.36. The lowest BCUT2D eigenvalue weighted by molar-refractivity contribution is 1.25. The second-order valence-corrected chi connectivity index (χ2v) is 3.08. The Morgan fingerprint density at radius 1 is 1.12 bits per heavy atom. The van der Waals surface area contributed by atoms with Crippen LogP contribution in [0, 0.1) is 0 Å². The Hall–Kier alpha value is -1.50. The van der Waals surface area contributed by atoms with Crippen molar-refractivity contribution in [3.05, 3.63) is 54.1 Å². The van der Waals surface area contributed by atoms with Crippen molar-refractivity contribution in [3.63, 3.8) is 0 Å². The summed E-state index contributed by atoms with van der Waals surface area (Å²) in [5.74, 6) is 0. The largest absolute Gasteiger partial charge is 0.381 e. The SMILES string of the molecule is C/C=C\C(=C/C)CNc1ccccc1.CC. The summed E-state index contributed by atoms with van der Waals surface area (Å²) in [5.41, 5.74) is 2.47. The standard InChI is InChI=1S/C13H17N.C2H6/c1-3-8-12(4-2)11-14-13-9-6-5-7-10-13;1-2/h3-10,14H,11H2,1-2H3;1-2H3/b8-3-,12-4+;. The van der Waals surface area contributed by atoms with Crippen LogP contribution in [0.4, 0.5) is 5.69 Å². The maximum Gasteiger partial charge on any atom is 0.0397 e. The van der Waals surface area contributed by atoms with Crippen LogP contribution >= 0.6 is 0 Å². The van der Waals surface area contributed by atoms with Gasteiger partial charge in [-0.15, -0.1) is 0 Å². The molecule has 0 atom stereocenters. The highest BCUT2D eigenvalue weighted by molar-refractivity contribution is 5.44. The van der Waals surface area contributed by atoms with Gasteiger partial charge < -0.3 is 5.32 Å². The van der Waals surface area contributed by atoms with Crippen molar-refractivity contribution >= 4 is 5.69 Å². The van der Waals surface area contributed by atoms with Gasteiger partial charge in [-0.2, -0.15) is 0 Å². The van der Waals surface area contributed by atoms with E-state index in [0.29, 0.717) is 0 Å². The average molecular weight is 217 g/mol. The first-order chi connectivity index (χ1) is 7.86. The first-order valence-electron chi connectivity index (χ1n) is 5.93. The van der Waals surface area contributed by atoms with Crippen LogP contribution < -0.4 is 5.32 Å². The van der Waals surface area contributed by atoms with Gasteiger partial charge >= 0.3 is 0 Å². The first-order valence-corrected chi connectivity index (χ1v) is 5.93. The molecule has 1 aromatic carbocycles. The van der Waals surface area contributed by atoms with Crippen molar-refractivity contribution < 1.29 is 0 Å². The average Bonchev–Trinajstić information content (AvgIpc) is 2.38. The number of anilines is 1. The molecule has 16 heavy (non-hydrogen) atoms. The Kier molecular flexibility index (Phi) is 9.09. The number of hydrogen-bond donors (Lipinski definition) is 1. The second-order valence-electron chi connectivity index (χ2n) is 3.08. The highest BCUT2D eigenvalue weighted by atomic mass is 14.9. The molecule has 1 N–H and O–H groups in total. The molecule has 0 spiro atoms. The molecule has 0 aliphatic carbocycles. The van der Waals surface area contributed by atoms with Crippen LogP contribution in [-0.4, -0.2) is 6.54 Å². The smallest absolute Gasteiger partial charge is 0.0397 e. The quantitative estimate of drug-likeness (QED) is 0.724. The molecule has 0 amide bonds. The van der Waals surface area contributed by atoms with Gasteiger partial charge in [-0.1, -0.05) is 50.3 Å². The lowest BCUT2D eigenvalue weighted by Gasteiger charge is -2.06. The molecule has 1 aromatic rings. The van der Waals surface area contributed by atoms with Crippen molar-refractivity contribution in [2.24, 2.45) is 0 Å². The highest BCUT2D eigenvalue weighted by Crippen LogP contribution is 2.06. The highest BCUT2D eigenvalue weighted by Gasteiger charge is 1.91. The van der Waals surface area contributed by atoms with Crippen LogP contribution in [0.25, 0.3) is 0 Å². The van der Waals surface area contributed by atoms with E-state index in [1.807, 2.05) is 39.0 Å². The Morgan fingerprint density at radius 3 is 2.25 bits per heavy atom. The van der Waals surface area contributed by atoms with E-state index >= 15 is 0 Å². The Balaban J connectivity index is 0.00000106. The van der Waals surface area contributed by atoms with E-state index in [2.05, 4.69) is 42.6 Å². The molecule has 0 saturated carbocycles. The van der Waals surface area contributed by atoms with Crippen LogP contribution in [0.5, 0.6) is 0 Å². The second kappa shape index (κ2) is 10.0. The minimum absolute atomic E-state index is 0.880. The monoisotopic (exact) mass is 217 g/mol. The summed E-state index contributed by atoms with van der Waals surface area (Å²) in [6, 6.07) is 10.2. The molecule has 1 nitrogen and oxygen atoms in total. The van der Waals surface area contributed by atoms with Crippen molar-refractivity contribution in [2.75, 3.05) is 11.9 Å². The molecule has 0 heterocycles. The van der Waals surface area contributed by atoms with Crippen molar-refractivity contribution in [2.45, 2.75) is 27.7 Å². The molecular weight excluding hydrogens is 194 g/mol. The van der Waals surface area contributed by atoms with E-state index < -0.39 is 0 Å². The van der Waals surface area contributed by atoms with Crippen LogP contribution in [0.2, 0.25) is 0 Å². The summed E-state index contributed by atoms with van der Waals surface area (Å²) in [7, 11) is 0. The molecular formula is C15H23N. The van der Waals surface area contributed by atoms with Gasteiger partial charge in [-0.25, -0.2) is 0 Å². The molecule has 0 radical (unpaired) electrons. The van der Waals surface area contributed by atoms with Gasteiger partial charge in [0.2, 0.25) is 0 Å². The van der Waals surface area contributed by atoms with Crippen LogP contribution in [-0.2, 0) is 0 Å². The lowest BCUT2D eigenvalue weighted by atomic mass is 10.2. The molecule has 0 aromatic heterocycles. The minimum Gasteiger partial charge on any atom is -0.381 e. The third kappa shape index (κ3) is 6.07. The molecule has 0 unspecified atom stereocenters. The first kappa shape index (κ1) is 14.5. The van der Waals surface area contributed by atoms with Gasteiger partial charge in [0.15, 0.2) is 0 Å². The van der Waals surface area contributed by atoms with Crippen molar-refractivity contribution in [1.29, 1.82) is 0 Å². The lowest BCUT2D eigenvalue weighted by Crippen LogP contribution is -2.02. The molecule has 0 aliphatic rings. The Bertz CT molecular complexity index is 309. The zero-order valence-electron chi connectivity index (χ0n) is 10.8. The molecule has 0 aliphatic heterocycles. The maximum atomic E-state index is 3.36. The number of rotatable bonds is 4. The third-order valence-electron chi connectivity index (χ3n) is 2.02.